The van der Waals surface area contributed by atoms with Gasteiger partial charge in [0.2, 0.25) is 10.4 Å². The fourth-order valence-electron chi connectivity index (χ4n) is 2.60. The van der Waals surface area contributed by atoms with E-state index in [0.29, 0.717) is 5.06 Å². The van der Waals surface area contributed by atoms with Crippen LogP contribution in [-0.2, 0) is 24.2 Å². The van der Waals surface area contributed by atoms with E-state index in [1.54, 1.807) is 20.8 Å². The second-order valence-corrected chi connectivity index (χ2v) is 7.57. The van der Waals surface area contributed by atoms with Gasteiger partial charge in [0.25, 0.3) is 5.91 Å². The minimum atomic E-state index is -5.10. The summed E-state index contributed by atoms with van der Waals surface area (Å²) in [7, 11) is -5.10. The van der Waals surface area contributed by atoms with Gasteiger partial charge in [-0.15, -0.1) is 0 Å². The van der Waals surface area contributed by atoms with Gasteiger partial charge in [-0.05, 0) is 33.6 Å². The topological polar surface area (TPSA) is 157 Å². The molecule has 12 nitrogen and oxygen atoms in total. The van der Waals surface area contributed by atoms with Crippen molar-refractivity contribution in [3.05, 3.63) is 0 Å². The Labute approximate surface area is 172 Å². The van der Waals surface area contributed by atoms with Crippen LogP contribution in [0.2, 0.25) is 0 Å². The van der Waals surface area contributed by atoms with Gasteiger partial charge in [0.1, 0.15) is 11.6 Å². The maximum Gasteiger partial charge on any atom is 1.00 e. The van der Waals surface area contributed by atoms with Crippen molar-refractivity contribution >= 4 is 28.4 Å². The van der Waals surface area contributed by atoms with Crippen LogP contribution in [0, 0.1) is 0 Å². The zero-order valence-corrected chi connectivity index (χ0v) is 17.7. The Kier molecular flexibility index (Phi) is 7.29. The van der Waals surface area contributed by atoms with Gasteiger partial charge in [0.15, 0.2) is 0 Å². The Morgan fingerprint density at radius 2 is 1.85 bits per heavy atom. The van der Waals surface area contributed by atoms with Crippen LogP contribution in [0.5, 0.6) is 0 Å². The van der Waals surface area contributed by atoms with E-state index in [9.17, 15) is 27.4 Å². The molecule has 2 heterocycles. The van der Waals surface area contributed by atoms with Crippen molar-refractivity contribution in [1.82, 2.24) is 20.8 Å². The second kappa shape index (κ2) is 8.27. The number of hydrazine groups is 1. The second-order valence-electron chi connectivity index (χ2n) is 6.61. The molecule has 0 spiro atoms. The standard InChI is InChI=1S/C12H20N4O8S.Na/c1-12(2,3)23-10(18)14-13-9(17)8-5-4-7-6-15(8)11(19)16(7)24-25(20,21)22;/h7-8H,4-6H2,1-3H3,(H,13,17)(H,14,18)(H,20,21,22);/q;+1/p-1. The van der Waals surface area contributed by atoms with Crippen LogP contribution in [0.4, 0.5) is 9.59 Å². The molecule has 2 rings (SSSR count). The number of hydrogen-bond donors (Lipinski definition) is 2. The molecule has 2 atom stereocenters. The molecule has 0 aromatic heterocycles. The van der Waals surface area contributed by atoms with Gasteiger partial charge < -0.3 is 14.2 Å². The normalized spacial score (nSPS) is 22.5. The molecule has 142 valence electrons. The van der Waals surface area contributed by atoms with E-state index in [2.05, 4.69) is 15.1 Å². The number of nitrogens with one attached hydrogen (secondary N) is 2. The van der Waals surface area contributed by atoms with E-state index in [4.69, 9.17) is 4.74 Å². The van der Waals surface area contributed by atoms with Crippen LogP contribution in [0.15, 0.2) is 0 Å². The fourth-order valence-corrected chi connectivity index (χ4v) is 2.98. The third-order valence-electron chi connectivity index (χ3n) is 3.48. The summed E-state index contributed by atoms with van der Waals surface area (Å²) < 4.78 is 41.2. The maximum atomic E-state index is 12.2. The van der Waals surface area contributed by atoms with E-state index in [0.717, 1.165) is 4.90 Å². The number of carbonyl (C=O) groups is 3. The van der Waals surface area contributed by atoms with E-state index in [1.807, 2.05) is 0 Å². The number of carbonyl (C=O) groups excluding carboxylic acids is 3. The molecule has 0 aromatic carbocycles. The molecule has 2 bridgehead atoms. The monoisotopic (exact) mass is 402 g/mol. The largest absolute Gasteiger partial charge is 1.00 e. The number of piperidine rings is 1. The van der Waals surface area contributed by atoms with Gasteiger partial charge in [-0.25, -0.2) is 23.4 Å². The fraction of sp³-hybridized carbons (Fsp3) is 0.750. The number of hydroxylamine groups is 2. The molecule has 2 aliphatic rings. The molecular formula is C12H19N4NaO8S. The minimum Gasteiger partial charge on any atom is -0.724 e. The maximum absolute atomic E-state index is 12.2. The van der Waals surface area contributed by atoms with E-state index >= 15 is 0 Å². The van der Waals surface area contributed by atoms with Gasteiger partial charge in [0, 0.05) is 6.54 Å². The molecule has 2 unspecified atom stereocenters. The number of hydrogen-bond acceptors (Lipinski definition) is 8. The van der Waals surface area contributed by atoms with Gasteiger partial charge in [-0.3, -0.25) is 10.2 Å². The van der Waals surface area contributed by atoms with Crippen LogP contribution >= 0.6 is 0 Å². The van der Waals surface area contributed by atoms with Crippen molar-refractivity contribution < 1.29 is 65.9 Å². The molecule has 4 amide bonds. The Morgan fingerprint density at radius 3 is 2.38 bits per heavy atom. The van der Waals surface area contributed by atoms with Crippen LogP contribution in [0.1, 0.15) is 33.6 Å². The first-order valence-electron chi connectivity index (χ1n) is 7.41. The molecule has 2 N–H and O–H groups in total. The van der Waals surface area contributed by atoms with Crippen molar-refractivity contribution in [2.24, 2.45) is 0 Å². The molecule has 0 aliphatic carbocycles. The minimum absolute atomic E-state index is 0. The average Bonchev–Trinajstić information content (AvgIpc) is 2.67. The summed E-state index contributed by atoms with van der Waals surface area (Å²) in [5, 5.41) is 0.469. The predicted molar refractivity (Wildman–Crippen MR) is 79.0 cm³/mol. The first-order valence-corrected chi connectivity index (χ1v) is 8.75. The van der Waals surface area contributed by atoms with Crippen molar-refractivity contribution in [1.29, 1.82) is 0 Å². The van der Waals surface area contributed by atoms with Crippen LogP contribution in [0.3, 0.4) is 0 Å². The van der Waals surface area contributed by atoms with Crippen molar-refractivity contribution in [2.45, 2.75) is 51.3 Å². The van der Waals surface area contributed by atoms with Crippen molar-refractivity contribution in [2.75, 3.05) is 6.54 Å². The summed E-state index contributed by atoms with van der Waals surface area (Å²) in [6, 6.07) is -2.49. The summed E-state index contributed by atoms with van der Waals surface area (Å²) in [4.78, 5) is 36.9. The first kappa shape index (κ1) is 22.9. The SMILES string of the molecule is CC(C)(C)OC(=O)NNC(=O)C1CCC2CN1C(=O)N2OS(=O)(=O)[O-].[Na+]. The first-order chi connectivity index (χ1) is 11.4. The third-order valence-corrected chi connectivity index (χ3v) is 3.83. The molecule has 14 heteroatoms. The predicted octanol–water partition coefficient (Wildman–Crippen LogP) is -3.79. The van der Waals surface area contributed by atoms with E-state index in [-0.39, 0.29) is 48.9 Å². The summed E-state index contributed by atoms with van der Waals surface area (Å²) in [5.41, 5.74) is 3.46. The number of ether oxygens (including phenoxy) is 1. The van der Waals surface area contributed by atoms with Gasteiger partial charge in [-0.1, -0.05) is 0 Å². The van der Waals surface area contributed by atoms with E-state index < -0.39 is 46.1 Å². The van der Waals surface area contributed by atoms with Crippen LogP contribution in [-0.4, -0.2) is 65.2 Å². The Bertz CT molecular complexity index is 679. The number of amides is 4. The molecular weight excluding hydrogens is 383 g/mol. The third kappa shape index (κ3) is 5.96. The summed E-state index contributed by atoms with van der Waals surface area (Å²) >= 11 is 0. The van der Waals surface area contributed by atoms with Gasteiger partial charge in [-0.2, -0.15) is 9.35 Å². The molecule has 2 fully saturated rings. The smallest absolute Gasteiger partial charge is 0.724 e. The Hall–Kier alpha value is -1.12. The molecule has 0 radical (unpaired) electrons. The zero-order chi connectivity index (χ0) is 19.0. The molecule has 0 saturated carbocycles. The quantitative estimate of drug-likeness (QED) is 0.211. The molecule has 2 aliphatic heterocycles. The number of urea groups is 1. The molecule has 0 aromatic rings. The number of fused-ring (bicyclic) bond motifs is 2. The number of nitrogens with zero attached hydrogens (tertiary/aromatic N) is 2. The Morgan fingerprint density at radius 1 is 1.23 bits per heavy atom. The van der Waals surface area contributed by atoms with Crippen molar-refractivity contribution in [3.8, 4) is 0 Å². The van der Waals surface area contributed by atoms with Crippen molar-refractivity contribution in [3.63, 3.8) is 0 Å². The summed E-state index contributed by atoms with van der Waals surface area (Å²) in [6.45, 7) is 4.98. The molecule has 26 heavy (non-hydrogen) atoms. The number of rotatable bonds is 3. The summed E-state index contributed by atoms with van der Waals surface area (Å²) in [5.74, 6) is -0.676. The van der Waals surface area contributed by atoms with Gasteiger partial charge >= 0.3 is 41.7 Å². The molecule has 2 saturated heterocycles. The Balaban J connectivity index is 0.00000338. The van der Waals surface area contributed by atoms with Crippen LogP contribution < -0.4 is 40.4 Å². The average molecular weight is 402 g/mol. The summed E-state index contributed by atoms with van der Waals surface area (Å²) in [6.07, 6.45) is -0.413. The zero-order valence-electron chi connectivity index (χ0n) is 14.8. The van der Waals surface area contributed by atoms with Gasteiger partial charge in [0.05, 0.1) is 6.04 Å². The van der Waals surface area contributed by atoms with E-state index in [1.165, 1.54) is 0 Å². The van der Waals surface area contributed by atoms with Crippen LogP contribution in [0.25, 0.3) is 0 Å².